The summed E-state index contributed by atoms with van der Waals surface area (Å²) in [7, 11) is 0. The molecule has 0 unspecified atom stereocenters. The van der Waals surface area contributed by atoms with Crippen molar-refractivity contribution >= 4 is 21.8 Å². The predicted octanol–water partition coefficient (Wildman–Crippen LogP) is 3.83. The molecule has 1 N–H and O–H groups in total. The molecule has 3 rings (SSSR count). The summed E-state index contributed by atoms with van der Waals surface area (Å²) in [4.78, 5) is 14.9. The summed E-state index contributed by atoms with van der Waals surface area (Å²) in [5.41, 5.74) is 0.734. The number of carbonyl (C=O) groups excluding carboxylic acids is 1. The van der Waals surface area contributed by atoms with Gasteiger partial charge in [0.05, 0.1) is 0 Å². The number of piperidine rings is 1. The van der Waals surface area contributed by atoms with Gasteiger partial charge in [-0.05, 0) is 62.9 Å². The van der Waals surface area contributed by atoms with Crippen LogP contribution in [0.2, 0.25) is 0 Å². The topological polar surface area (TPSA) is 32.3 Å². The molecule has 22 heavy (non-hydrogen) atoms. The number of halogens is 1. The van der Waals surface area contributed by atoms with Gasteiger partial charge in [0.15, 0.2) is 0 Å². The summed E-state index contributed by atoms with van der Waals surface area (Å²) in [6.07, 6.45) is 8.04. The number of nitrogens with one attached hydrogen (secondary N) is 1. The number of nitrogens with zero attached hydrogens (tertiary/aromatic N) is 1. The summed E-state index contributed by atoms with van der Waals surface area (Å²) in [6.45, 7) is 3.23. The van der Waals surface area contributed by atoms with Crippen LogP contribution >= 0.6 is 15.9 Å². The molecule has 1 saturated carbocycles. The van der Waals surface area contributed by atoms with Crippen molar-refractivity contribution in [3.8, 4) is 0 Å². The van der Waals surface area contributed by atoms with Crippen LogP contribution in [-0.4, -0.2) is 36.5 Å². The minimum absolute atomic E-state index is 0.0412. The predicted molar refractivity (Wildman–Crippen MR) is 93.0 cm³/mol. The van der Waals surface area contributed by atoms with E-state index in [-0.39, 0.29) is 5.91 Å². The second-order valence-electron chi connectivity index (χ2n) is 6.64. The fraction of sp³-hybridized carbons (Fsp3) is 0.611. The molecule has 120 valence electrons. The highest BCUT2D eigenvalue weighted by molar-refractivity contribution is 9.10. The first kappa shape index (κ1) is 16.0. The van der Waals surface area contributed by atoms with Gasteiger partial charge in [0.25, 0.3) is 5.91 Å². The zero-order valence-corrected chi connectivity index (χ0v) is 14.6. The summed E-state index contributed by atoms with van der Waals surface area (Å²) in [5, 5.41) is 3.10. The van der Waals surface area contributed by atoms with Gasteiger partial charge in [0.1, 0.15) is 0 Å². The summed E-state index contributed by atoms with van der Waals surface area (Å²) >= 11 is 3.41. The van der Waals surface area contributed by atoms with E-state index in [0.717, 1.165) is 22.6 Å². The van der Waals surface area contributed by atoms with E-state index in [2.05, 4.69) is 26.1 Å². The van der Waals surface area contributed by atoms with E-state index >= 15 is 0 Å². The van der Waals surface area contributed by atoms with E-state index in [4.69, 9.17) is 0 Å². The molecule has 2 aliphatic rings. The van der Waals surface area contributed by atoms with Crippen molar-refractivity contribution in [2.75, 3.05) is 19.6 Å². The summed E-state index contributed by atoms with van der Waals surface area (Å²) < 4.78 is 0.949. The number of benzene rings is 1. The molecule has 0 atom stereocenters. The van der Waals surface area contributed by atoms with Crippen LogP contribution in [0.3, 0.4) is 0 Å². The first-order chi connectivity index (χ1) is 10.7. The Balaban J connectivity index is 1.42. The molecular formula is C18H25BrN2O. The van der Waals surface area contributed by atoms with Crippen LogP contribution < -0.4 is 5.32 Å². The van der Waals surface area contributed by atoms with Crippen molar-refractivity contribution < 1.29 is 4.79 Å². The Kier molecular flexibility index (Phi) is 5.53. The Morgan fingerprint density at radius 2 is 1.91 bits per heavy atom. The quantitative estimate of drug-likeness (QED) is 0.880. The van der Waals surface area contributed by atoms with Crippen LogP contribution in [0.1, 0.15) is 48.9 Å². The highest BCUT2D eigenvalue weighted by atomic mass is 79.9. The zero-order chi connectivity index (χ0) is 15.4. The molecule has 0 bridgehead atoms. The van der Waals surface area contributed by atoms with Crippen molar-refractivity contribution in [3.05, 3.63) is 34.3 Å². The van der Waals surface area contributed by atoms with Crippen LogP contribution in [0.15, 0.2) is 28.7 Å². The van der Waals surface area contributed by atoms with Crippen LogP contribution in [-0.2, 0) is 0 Å². The normalized spacial score (nSPS) is 21.1. The van der Waals surface area contributed by atoms with Crippen LogP contribution in [0, 0.1) is 5.92 Å². The Bertz CT molecular complexity index is 506. The standard InChI is InChI=1S/C18H25BrN2O/c19-16-5-3-4-15(12-16)18(22)20-13-14-8-10-21(11-9-14)17-6-1-2-7-17/h3-5,12,14,17H,1-2,6-11,13H2,(H,20,22). The average Bonchev–Trinajstić information content (AvgIpc) is 3.07. The Labute approximate surface area is 141 Å². The van der Waals surface area contributed by atoms with Gasteiger partial charge in [0, 0.05) is 22.6 Å². The SMILES string of the molecule is O=C(NCC1CCN(C2CCCC2)CC1)c1cccc(Br)c1. The van der Waals surface area contributed by atoms with E-state index < -0.39 is 0 Å². The Morgan fingerprint density at radius 1 is 1.18 bits per heavy atom. The lowest BCUT2D eigenvalue weighted by Crippen LogP contribution is -2.42. The largest absolute Gasteiger partial charge is 0.352 e. The number of amides is 1. The second kappa shape index (κ2) is 7.60. The van der Waals surface area contributed by atoms with Gasteiger partial charge >= 0.3 is 0 Å². The Morgan fingerprint density at radius 3 is 2.59 bits per heavy atom. The van der Waals surface area contributed by atoms with Gasteiger partial charge in [0.2, 0.25) is 0 Å². The van der Waals surface area contributed by atoms with Crippen molar-refractivity contribution in [2.45, 2.75) is 44.6 Å². The van der Waals surface area contributed by atoms with Crippen molar-refractivity contribution in [3.63, 3.8) is 0 Å². The minimum Gasteiger partial charge on any atom is -0.352 e. The number of hydrogen-bond donors (Lipinski definition) is 1. The lowest BCUT2D eigenvalue weighted by molar-refractivity contribution is 0.0924. The molecule has 1 aliphatic heterocycles. The Hall–Kier alpha value is -0.870. The maximum Gasteiger partial charge on any atom is 0.251 e. The monoisotopic (exact) mass is 364 g/mol. The van der Waals surface area contributed by atoms with Crippen LogP contribution in [0.25, 0.3) is 0 Å². The van der Waals surface area contributed by atoms with Crippen molar-refractivity contribution in [1.29, 1.82) is 0 Å². The number of likely N-dealkylation sites (tertiary alicyclic amines) is 1. The lowest BCUT2D eigenvalue weighted by atomic mass is 9.95. The molecule has 1 aromatic rings. The lowest BCUT2D eigenvalue weighted by Gasteiger charge is -2.36. The number of carbonyl (C=O) groups is 1. The smallest absolute Gasteiger partial charge is 0.251 e. The van der Waals surface area contributed by atoms with E-state index in [1.165, 1.54) is 51.6 Å². The third kappa shape index (κ3) is 4.11. The maximum atomic E-state index is 12.2. The van der Waals surface area contributed by atoms with Gasteiger partial charge in [-0.2, -0.15) is 0 Å². The van der Waals surface area contributed by atoms with E-state index in [9.17, 15) is 4.79 Å². The van der Waals surface area contributed by atoms with Gasteiger partial charge in [-0.3, -0.25) is 4.79 Å². The molecule has 1 aromatic carbocycles. The van der Waals surface area contributed by atoms with E-state index in [1.807, 2.05) is 24.3 Å². The summed E-state index contributed by atoms with van der Waals surface area (Å²) in [6, 6.07) is 8.42. The first-order valence-corrected chi connectivity index (χ1v) is 9.29. The van der Waals surface area contributed by atoms with Crippen molar-refractivity contribution in [2.24, 2.45) is 5.92 Å². The third-order valence-corrected chi connectivity index (χ3v) is 5.62. The molecule has 3 nitrogen and oxygen atoms in total. The fourth-order valence-corrected chi connectivity index (χ4v) is 4.16. The molecule has 0 radical (unpaired) electrons. The summed E-state index contributed by atoms with van der Waals surface area (Å²) in [5.74, 6) is 0.674. The molecule has 2 fully saturated rings. The molecule has 1 saturated heterocycles. The first-order valence-electron chi connectivity index (χ1n) is 8.50. The van der Waals surface area contributed by atoms with Gasteiger partial charge in [-0.15, -0.1) is 0 Å². The molecule has 1 heterocycles. The number of rotatable bonds is 4. The number of hydrogen-bond acceptors (Lipinski definition) is 2. The van der Waals surface area contributed by atoms with E-state index in [1.54, 1.807) is 0 Å². The van der Waals surface area contributed by atoms with Gasteiger partial charge in [-0.1, -0.05) is 34.8 Å². The molecular weight excluding hydrogens is 340 g/mol. The average molecular weight is 365 g/mol. The highest BCUT2D eigenvalue weighted by Gasteiger charge is 2.27. The molecule has 1 amide bonds. The minimum atomic E-state index is 0.0412. The maximum absolute atomic E-state index is 12.2. The van der Waals surface area contributed by atoms with Crippen molar-refractivity contribution in [1.82, 2.24) is 10.2 Å². The van der Waals surface area contributed by atoms with Crippen LogP contribution in [0.4, 0.5) is 0 Å². The third-order valence-electron chi connectivity index (χ3n) is 5.13. The second-order valence-corrected chi connectivity index (χ2v) is 7.55. The van der Waals surface area contributed by atoms with Gasteiger partial charge in [-0.25, -0.2) is 0 Å². The van der Waals surface area contributed by atoms with Crippen LogP contribution in [0.5, 0.6) is 0 Å². The molecule has 0 spiro atoms. The van der Waals surface area contributed by atoms with E-state index in [0.29, 0.717) is 5.92 Å². The fourth-order valence-electron chi connectivity index (χ4n) is 3.76. The van der Waals surface area contributed by atoms with Gasteiger partial charge < -0.3 is 10.2 Å². The molecule has 0 aromatic heterocycles. The highest BCUT2D eigenvalue weighted by Crippen LogP contribution is 2.27. The molecule has 4 heteroatoms. The zero-order valence-electron chi connectivity index (χ0n) is 13.1. The molecule has 1 aliphatic carbocycles.